The summed E-state index contributed by atoms with van der Waals surface area (Å²) >= 11 is 1.26. The van der Waals surface area contributed by atoms with E-state index in [0.29, 0.717) is 23.2 Å². The van der Waals surface area contributed by atoms with E-state index >= 15 is 0 Å². The number of phenols is 1. The molecule has 1 heterocycles. The summed E-state index contributed by atoms with van der Waals surface area (Å²) in [4.78, 5) is 12.3. The number of thioether (sulfide) groups is 1. The molecule has 1 aromatic heterocycles. The smallest absolute Gasteiger partial charge is 0.250 e. The van der Waals surface area contributed by atoms with E-state index in [-0.39, 0.29) is 17.4 Å². The van der Waals surface area contributed by atoms with Crippen LogP contribution >= 0.6 is 11.8 Å². The number of nitrogens with zero attached hydrogens (tertiary/aromatic N) is 4. The van der Waals surface area contributed by atoms with Crippen LogP contribution in [0.5, 0.6) is 11.5 Å². The second-order valence-corrected chi connectivity index (χ2v) is 8.05. The summed E-state index contributed by atoms with van der Waals surface area (Å²) in [7, 11) is 0. The van der Waals surface area contributed by atoms with E-state index < -0.39 is 0 Å². The lowest BCUT2D eigenvalue weighted by atomic mass is 10.2. The lowest BCUT2D eigenvalue weighted by Crippen LogP contribution is -2.20. The molecule has 0 bridgehead atoms. The van der Waals surface area contributed by atoms with Gasteiger partial charge >= 0.3 is 0 Å². The monoisotopic (exact) mass is 473 g/mol. The average Bonchev–Trinajstić information content (AvgIpc) is 3.28. The van der Waals surface area contributed by atoms with Crippen molar-refractivity contribution in [2.24, 2.45) is 5.10 Å². The van der Waals surface area contributed by atoms with Gasteiger partial charge in [-0.15, -0.1) is 10.2 Å². The molecular weight excluding hydrogens is 450 g/mol. The number of nitrogens with one attached hydrogen (secondary N) is 1. The maximum Gasteiger partial charge on any atom is 0.250 e. The second kappa shape index (κ2) is 11.2. The Labute approximate surface area is 201 Å². The van der Waals surface area contributed by atoms with Crippen molar-refractivity contribution in [2.45, 2.75) is 12.1 Å². The third-order valence-corrected chi connectivity index (χ3v) is 5.61. The van der Waals surface area contributed by atoms with Crippen LogP contribution < -0.4 is 10.2 Å². The van der Waals surface area contributed by atoms with E-state index in [1.54, 1.807) is 24.3 Å². The van der Waals surface area contributed by atoms with Gasteiger partial charge in [0.05, 0.1) is 18.6 Å². The Bertz CT molecular complexity index is 1270. The van der Waals surface area contributed by atoms with Gasteiger partial charge in [0.25, 0.3) is 5.91 Å². The van der Waals surface area contributed by atoms with E-state index in [1.807, 2.05) is 66.1 Å². The van der Waals surface area contributed by atoms with Crippen molar-refractivity contribution in [2.75, 3.05) is 12.4 Å². The van der Waals surface area contributed by atoms with Crippen molar-refractivity contribution in [3.8, 4) is 28.6 Å². The van der Waals surface area contributed by atoms with Crippen LogP contribution in [0.1, 0.15) is 12.5 Å². The maximum absolute atomic E-state index is 12.3. The molecular formula is C25H23N5O3S. The zero-order chi connectivity index (χ0) is 23.8. The van der Waals surface area contributed by atoms with Gasteiger partial charge in [-0.05, 0) is 48.9 Å². The summed E-state index contributed by atoms with van der Waals surface area (Å²) in [5, 5.41) is 22.8. The molecule has 1 amide bonds. The highest BCUT2D eigenvalue weighted by Gasteiger charge is 2.17. The Hall–Kier alpha value is -4.11. The third kappa shape index (κ3) is 5.81. The zero-order valence-corrected chi connectivity index (χ0v) is 19.3. The summed E-state index contributed by atoms with van der Waals surface area (Å²) in [5.74, 6) is 1.40. The summed E-state index contributed by atoms with van der Waals surface area (Å²) in [6.07, 6.45) is 1.47. The molecule has 9 heteroatoms. The van der Waals surface area contributed by atoms with Crippen molar-refractivity contribution < 1.29 is 14.6 Å². The minimum absolute atomic E-state index is 0.0985. The van der Waals surface area contributed by atoms with Crippen LogP contribution in [-0.4, -0.2) is 44.4 Å². The Kier molecular flexibility index (Phi) is 7.56. The van der Waals surface area contributed by atoms with Gasteiger partial charge < -0.3 is 9.84 Å². The number of benzene rings is 3. The Morgan fingerprint density at radius 3 is 2.62 bits per heavy atom. The molecule has 0 aliphatic rings. The van der Waals surface area contributed by atoms with Gasteiger partial charge in [0.15, 0.2) is 11.0 Å². The first-order valence-corrected chi connectivity index (χ1v) is 11.6. The van der Waals surface area contributed by atoms with E-state index in [4.69, 9.17) is 4.74 Å². The van der Waals surface area contributed by atoms with E-state index in [1.165, 1.54) is 18.0 Å². The predicted molar refractivity (Wildman–Crippen MR) is 133 cm³/mol. The number of amides is 1. The number of hydrogen-bond donors (Lipinski definition) is 2. The number of carbonyl (C=O) groups is 1. The van der Waals surface area contributed by atoms with Crippen LogP contribution in [0.25, 0.3) is 17.1 Å². The first-order chi connectivity index (χ1) is 16.6. The summed E-state index contributed by atoms with van der Waals surface area (Å²) in [5.41, 5.74) is 4.94. The molecule has 0 radical (unpaired) electrons. The number of hydrogen-bond acceptors (Lipinski definition) is 7. The molecule has 34 heavy (non-hydrogen) atoms. The summed E-state index contributed by atoms with van der Waals surface area (Å²) in [6, 6.07) is 24.0. The fourth-order valence-corrected chi connectivity index (χ4v) is 3.92. The van der Waals surface area contributed by atoms with Crippen LogP contribution in [0, 0.1) is 0 Å². The molecule has 0 saturated carbocycles. The van der Waals surface area contributed by atoms with Crippen LogP contribution in [-0.2, 0) is 4.79 Å². The molecule has 0 atom stereocenters. The SMILES string of the molecule is CCOc1ccc(-n2c(SCC(=O)N/N=C\c3cccc(O)c3)nnc2-c2ccccc2)cc1. The Balaban J connectivity index is 1.51. The van der Waals surface area contributed by atoms with Gasteiger partial charge in [-0.1, -0.05) is 54.2 Å². The quantitative estimate of drug-likeness (QED) is 0.214. The molecule has 8 nitrogen and oxygen atoms in total. The van der Waals surface area contributed by atoms with Crippen molar-refractivity contribution in [3.05, 3.63) is 84.4 Å². The van der Waals surface area contributed by atoms with E-state index in [2.05, 4.69) is 20.7 Å². The topological polar surface area (TPSA) is 102 Å². The van der Waals surface area contributed by atoms with Crippen molar-refractivity contribution >= 4 is 23.9 Å². The standard InChI is InChI=1S/C25H23N5O3S/c1-2-33-22-13-11-20(12-14-22)30-24(19-8-4-3-5-9-19)28-29-25(30)34-17-23(32)27-26-16-18-7-6-10-21(31)15-18/h3-16,31H,2,17H2,1H3,(H,27,32)/b26-16-. The summed E-state index contributed by atoms with van der Waals surface area (Å²) in [6.45, 7) is 2.53. The number of aromatic hydroxyl groups is 1. The number of aromatic nitrogens is 3. The average molecular weight is 474 g/mol. The second-order valence-electron chi connectivity index (χ2n) is 7.11. The fourth-order valence-electron chi connectivity index (χ4n) is 3.17. The summed E-state index contributed by atoms with van der Waals surface area (Å²) < 4.78 is 7.47. The highest BCUT2D eigenvalue weighted by Crippen LogP contribution is 2.28. The number of ether oxygens (including phenoxy) is 1. The molecule has 0 fully saturated rings. The maximum atomic E-state index is 12.3. The first kappa shape index (κ1) is 23.1. The van der Waals surface area contributed by atoms with Crippen LogP contribution in [0.15, 0.2) is 89.1 Å². The highest BCUT2D eigenvalue weighted by molar-refractivity contribution is 7.99. The van der Waals surface area contributed by atoms with Gasteiger partial charge in [0.2, 0.25) is 0 Å². The Morgan fingerprint density at radius 2 is 1.88 bits per heavy atom. The molecule has 0 aliphatic heterocycles. The van der Waals surface area contributed by atoms with Crippen LogP contribution in [0.3, 0.4) is 0 Å². The molecule has 4 rings (SSSR count). The molecule has 0 aliphatic carbocycles. The Morgan fingerprint density at radius 1 is 1.09 bits per heavy atom. The third-order valence-electron chi connectivity index (χ3n) is 4.68. The molecule has 0 unspecified atom stereocenters. The van der Waals surface area contributed by atoms with Crippen LogP contribution in [0.4, 0.5) is 0 Å². The lowest BCUT2D eigenvalue weighted by molar-refractivity contribution is -0.118. The minimum atomic E-state index is -0.288. The van der Waals surface area contributed by atoms with E-state index in [0.717, 1.165) is 17.0 Å². The van der Waals surface area contributed by atoms with Gasteiger partial charge in [-0.3, -0.25) is 9.36 Å². The highest BCUT2D eigenvalue weighted by atomic mass is 32.2. The van der Waals surface area contributed by atoms with Gasteiger partial charge in [0, 0.05) is 11.3 Å². The first-order valence-electron chi connectivity index (χ1n) is 10.6. The van der Waals surface area contributed by atoms with Crippen molar-refractivity contribution in [1.29, 1.82) is 0 Å². The van der Waals surface area contributed by atoms with E-state index in [9.17, 15) is 9.90 Å². The number of rotatable bonds is 9. The van der Waals surface area contributed by atoms with Gasteiger partial charge in [-0.2, -0.15) is 5.10 Å². The molecule has 0 saturated heterocycles. The van der Waals surface area contributed by atoms with Gasteiger partial charge in [0.1, 0.15) is 11.5 Å². The molecule has 4 aromatic rings. The number of carbonyl (C=O) groups excluding carboxylic acids is 1. The van der Waals surface area contributed by atoms with Gasteiger partial charge in [-0.25, -0.2) is 5.43 Å². The lowest BCUT2D eigenvalue weighted by Gasteiger charge is -2.11. The van der Waals surface area contributed by atoms with Crippen molar-refractivity contribution in [1.82, 2.24) is 20.2 Å². The number of hydrazone groups is 1. The van der Waals surface area contributed by atoms with Crippen LogP contribution in [0.2, 0.25) is 0 Å². The molecule has 2 N–H and O–H groups in total. The van der Waals surface area contributed by atoms with Crippen molar-refractivity contribution in [3.63, 3.8) is 0 Å². The molecule has 3 aromatic carbocycles. The molecule has 172 valence electrons. The predicted octanol–water partition coefficient (Wildman–Crippen LogP) is 4.28. The normalized spacial score (nSPS) is 11.0. The fraction of sp³-hybridized carbons (Fsp3) is 0.120. The largest absolute Gasteiger partial charge is 0.508 e. The number of phenolic OH excluding ortho intramolecular Hbond substituents is 1. The molecule has 0 spiro atoms. The zero-order valence-electron chi connectivity index (χ0n) is 18.5. The minimum Gasteiger partial charge on any atom is -0.508 e.